The highest BCUT2D eigenvalue weighted by molar-refractivity contribution is 5.95. The maximum atomic E-state index is 12.7. The van der Waals surface area contributed by atoms with Crippen molar-refractivity contribution in [3.63, 3.8) is 0 Å². The first-order valence-corrected chi connectivity index (χ1v) is 13.7. The Hall–Kier alpha value is -2.36. The lowest BCUT2D eigenvalue weighted by Crippen LogP contribution is -2.43. The number of rotatable bonds is 20. The van der Waals surface area contributed by atoms with Crippen LogP contribution in [-0.2, 0) is 6.54 Å². The molecule has 4 heteroatoms. The highest BCUT2D eigenvalue weighted by Gasteiger charge is 2.21. The monoisotopic (exact) mass is 465 g/mol. The fourth-order valence-electron chi connectivity index (χ4n) is 4.41. The van der Waals surface area contributed by atoms with E-state index in [-0.39, 0.29) is 18.1 Å². The molecule has 34 heavy (non-hydrogen) atoms. The van der Waals surface area contributed by atoms with E-state index in [1.165, 1.54) is 83.5 Å². The number of Topliss-reactive ketones (excluding diaryl/α,β-unsaturated/α-hetero) is 2. The third-order valence-electron chi connectivity index (χ3n) is 6.54. The number of ketones is 2. The van der Waals surface area contributed by atoms with Gasteiger partial charge in [-0.2, -0.15) is 4.57 Å². The number of aromatic nitrogens is 2. The first-order chi connectivity index (χ1) is 16.7. The molecule has 0 aliphatic rings. The Morgan fingerprint density at radius 2 is 1.24 bits per heavy atom. The standard InChI is InChI=1S/C30H45N2O2/c1-2-3-4-5-6-7-8-9-10-11-12-13-14-15-19-22-29(33)28-25-31-23-24-32(28)26-30(34)27-20-17-16-18-21-27/h16-18,20-21,23-25H,2-15,19,22,26H2,1H3/q+1. The summed E-state index contributed by atoms with van der Waals surface area (Å²) in [4.78, 5) is 29.4. The Morgan fingerprint density at radius 1 is 0.706 bits per heavy atom. The Bertz CT molecular complexity index is 820. The number of nitrogens with zero attached hydrogens (tertiary/aromatic N) is 2. The summed E-state index contributed by atoms with van der Waals surface area (Å²) in [5, 5.41) is 0. The Labute approximate surface area is 207 Å². The predicted octanol–water partition coefficient (Wildman–Crippen LogP) is 7.70. The highest BCUT2D eigenvalue weighted by Crippen LogP contribution is 2.14. The topological polar surface area (TPSA) is 50.9 Å². The lowest BCUT2D eigenvalue weighted by Gasteiger charge is -2.04. The van der Waals surface area contributed by atoms with Gasteiger partial charge < -0.3 is 0 Å². The molecule has 0 aliphatic heterocycles. The molecule has 0 spiro atoms. The molecule has 0 unspecified atom stereocenters. The average molecular weight is 466 g/mol. The summed E-state index contributed by atoms with van der Waals surface area (Å²) in [5.41, 5.74) is 1.18. The van der Waals surface area contributed by atoms with Crippen molar-refractivity contribution in [3.8, 4) is 0 Å². The molecule has 1 aromatic heterocycles. The molecule has 0 aliphatic carbocycles. The van der Waals surface area contributed by atoms with Crippen molar-refractivity contribution < 1.29 is 14.2 Å². The van der Waals surface area contributed by atoms with E-state index in [0.717, 1.165) is 12.8 Å². The molecule has 1 heterocycles. The number of carbonyl (C=O) groups excluding carboxylic acids is 2. The van der Waals surface area contributed by atoms with Crippen molar-refractivity contribution in [3.05, 3.63) is 60.2 Å². The van der Waals surface area contributed by atoms with Crippen LogP contribution in [0.5, 0.6) is 0 Å². The van der Waals surface area contributed by atoms with E-state index in [0.29, 0.717) is 17.7 Å². The second-order valence-corrected chi connectivity index (χ2v) is 9.50. The van der Waals surface area contributed by atoms with Gasteiger partial charge in [0.15, 0.2) is 6.20 Å². The SMILES string of the molecule is CCCCCCCCCCCCCCCCCC(=O)c1cncc[n+]1CC(=O)c1ccccc1. The molecule has 1 aromatic carbocycles. The van der Waals surface area contributed by atoms with Crippen LogP contribution in [0.15, 0.2) is 48.9 Å². The van der Waals surface area contributed by atoms with Crippen molar-refractivity contribution in [1.82, 2.24) is 4.98 Å². The molecule has 0 atom stereocenters. The second-order valence-electron chi connectivity index (χ2n) is 9.50. The van der Waals surface area contributed by atoms with Gasteiger partial charge in [-0.25, -0.2) is 0 Å². The van der Waals surface area contributed by atoms with Crippen LogP contribution in [0.1, 0.15) is 131 Å². The maximum Gasteiger partial charge on any atom is 0.267 e. The fourth-order valence-corrected chi connectivity index (χ4v) is 4.41. The Kier molecular flexibility index (Phi) is 14.8. The number of carbonyl (C=O) groups is 2. The zero-order chi connectivity index (χ0) is 24.3. The lowest BCUT2D eigenvalue weighted by molar-refractivity contribution is -0.685. The molecule has 186 valence electrons. The van der Waals surface area contributed by atoms with Crippen LogP contribution in [0.3, 0.4) is 0 Å². The van der Waals surface area contributed by atoms with Gasteiger partial charge in [-0.05, 0) is 6.42 Å². The van der Waals surface area contributed by atoms with Crippen LogP contribution in [0.2, 0.25) is 0 Å². The number of benzene rings is 1. The van der Waals surface area contributed by atoms with Crippen LogP contribution < -0.4 is 4.57 Å². The van der Waals surface area contributed by atoms with Gasteiger partial charge in [0.05, 0.1) is 6.20 Å². The molecule has 0 saturated carbocycles. The molecule has 2 aromatic rings. The van der Waals surface area contributed by atoms with E-state index < -0.39 is 0 Å². The summed E-state index contributed by atoms with van der Waals surface area (Å²) in [7, 11) is 0. The molecule has 0 radical (unpaired) electrons. The van der Waals surface area contributed by atoms with Crippen molar-refractivity contribution in [2.24, 2.45) is 0 Å². The summed E-state index contributed by atoms with van der Waals surface area (Å²) in [6.07, 6.45) is 25.1. The predicted molar refractivity (Wildman–Crippen MR) is 139 cm³/mol. The molecule has 0 saturated heterocycles. The molecule has 4 nitrogen and oxygen atoms in total. The van der Waals surface area contributed by atoms with Gasteiger partial charge in [0.1, 0.15) is 6.20 Å². The van der Waals surface area contributed by atoms with Gasteiger partial charge in [0, 0.05) is 12.0 Å². The smallest absolute Gasteiger partial charge is 0.267 e. The third kappa shape index (κ3) is 11.7. The van der Waals surface area contributed by atoms with Gasteiger partial charge in [-0.1, -0.05) is 127 Å². The van der Waals surface area contributed by atoms with Crippen molar-refractivity contribution in [1.29, 1.82) is 0 Å². The van der Waals surface area contributed by atoms with E-state index in [4.69, 9.17) is 0 Å². The highest BCUT2D eigenvalue weighted by atomic mass is 16.1. The van der Waals surface area contributed by atoms with Crippen molar-refractivity contribution in [2.45, 2.75) is 116 Å². The zero-order valence-electron chi connectivity index (χ0n) is 21.4. The number of hydrogen-bond donors (Lipinski definition) is 0. The van der Waals surface area contributed by atoms with Crippen molar-refractivity contribution >= 4 is 11.6 Å². The minimum Gasteiger partial charge on any atom is -0.287 e. The number of hydrogen-bond acceptors (Lipinski definition) is 3. The first kappa shape index (κ1) is 27.9. The van der Waals surface area contributed by atoms with E-state index in [1.54, 1.807) is 35.3 Å². The van der Waals surface area contributed by atoms with Gasteiger partial charge in [-0.3, -0.25) is 14.6 Å². The molecule has 0 N–H and O–H groups in total. The van der Waals surface area contributed by atoms with Crippen LogP contribution in [0.25, 0.3) is 0 Å². The number of unbranched alkanes of at least 4 members (excludes halogenated alkanes) is 14. The minimum atomic E-state index is -0.00202. The molecule has 2 rings (SSSR count). The summed E-state index contributed by atoms with van der Waals surface area (Å²) in [6.45, 7) is 2.43. The first-order valence-electron chi connectivity index (χ1n) is 13.7. The van der Waals surface area contributed by atoms with Crippen LogP contribution in [0, 0.1) is 0 Å². The van der Waals surface area contributed by atoms with Crippen molar-refractivity contribution in [2.75, 3.05) is 0 Å². The normalized spacial score (nSPS) is 11.0. The summed E-state index contributed by atoms with van der Waals surface area (Å²) >= 11 is 0. The molecular formula is C30H45N2O2+. The Balaban J connectivity index is 1.54. The third-order valence-corrected chi connectivity index (χ3v) is 6.54. The second kappa shape index (κ2) is 18.0. The van der Waals surface area contributed by atoms with E-state index in [1.807, 2.05) is 18.2 Å². The fraction of sp³-hybridized carbons (Fsp3) is 0.600. The van der Waals surface area contributed by atoms with Gasteiger partial charge in [-0.15, -0.1) is 0 Å². The van der Waals surface area contributed by atoms with Crippen LogP contribution in [-0.4, -0.2) is 16.6 Å². The van der Waals surface area contributed by atoms with E-state index in [2.05, 4.69) is 11.9 Å². The summed E-state index contributed by atoms with van der Waals surface area (Å²) in [6, 6.07) is 9.21. The molecule has 0 amide bonds. The van der Waals surface area contributed by atoms with Gasteiger partial charge >= 0.3 is 0 Å². The van der Waals surface area contributed by atoms with Crippen LogP contribution >= 0.6 is 0 Å². The summed E-state index contributed by atoms with van der Waals surface area (Å²) < 4.78 is 1.73. The van der Waals surface area contributed by atoms with Crippen LogP contribution in [0.4, 0.5) is 0 Å². The maximum absolute atomic E-state index is 12.7. The van der Waals surface area contributed by atoms with Gasteiger partial charge in [0.2, 0.25) is 18.1 Å². The molecular weight excluding hydrogens is 420 g/mol. The quantitative estimate of drug-likeness (QED) is 0.114. The minimum absolute atomic E-state index is 0.00202. The lowest BCUT2D eigenvalue weighted by atomic mass is 10.0. The molecule has 0 bridgehead atoms. The van der Waals surface area contributed by atoms with E-state index >= 15 is 0 Å². The van der Waals surface area contributed by atoms with Gasteiger partial charge in [0.25, 0.3) is 5.69 Å². The van der Waals surface area contributed by atoms with E-state index in [9.17, 15) is 9.59 Å². The zero-order valence-corrected chi connectivity index (χ0v) is 21.4. The Morgan fingerprint density at radius 3 is 1.79 bits per heavy atom. The largest absolute Gasteiger partial charge is 0.287 e. The average Bonchev–Trinajstić information content (AvgIpc) is 2.87. The summed E-state index contributed by atoms with van der Waals surface area (Å²) in [5.74, 6) is 0.0708. The molecule has 0 fully saturated rings.